The molecule has 202 valence electrons. The summed E-state index contributed by atoms with van der Waals surface area (Å²) < 4.78 is 10.6. The topological polar surface area (TPSA) is 117 Å². The maximum absolute atomic E-state index is 12.5. The molecule has 0 saturated carbocycles. The molecule has 0 unspecified atom stereocenters. The molecular weight excluding hydrogens is 488 g/mol. The van der Waals surface area contributed by atoms with E-state index in [1.165, 1.54) is 0 Å². The summed E-state index contributed by atoms with van der Waals surface area (Å²) in [6.45, 7) is 4.52. The molecule has 2 aliphatic heterocycles. The number of amides is 4. The quantitative estimate of drug-likeness (QED) is 0.489. The number of anilines is 2. The van der Waals surface area contributed by atoms with Gasteiger partial charge in [-0.15, -0.1) is 0 Å². The number of ether oxygens (including phenoxy) is 2. The standard InChI is InChI=1S/C28H34N4O6/c33-25(29-23-9-5-21(6-10-23)27(35)31-13-17-37-18-14-31)3-1-2-4-26(34)30-24-11-7-22(8-12-24)28(36)32-15-19-38-20-16-32/h5-12H,1-4,13-20H2,(H,29,33)(H,30,34). The molecule has 10 nitrogen and oxygen atoms in total. The zero-order valence-electron chi connectivity index (χ0n) is 21.4. The first-order chi connectivity index (χ1) is 18.5. The highest BCUT2D eigenvalue weighted by atomic mass is 16.5. The molecule has 4 rings (SSSR count). The maximum atomic E-state index is 12.5. The molecule has 2 fully saturated rings. The molecule has 0 bridgehead atoms. The first-order valence-corrected chi connectivity index (χ1v) is 13.0. The van der Waals surface area contributed by atoms with E-state index in [0.717, 1.165) is 0 Å². The Labute approximate surface area is 222 Å². The minimum atomic E-state index is -0.141. The maximum Gasteiger partial charge on any atom is 0.254 e. The van der Waals surface area contributed by atoms with Crippen molar-refractivity contribution in [1.29, 1.82) is 0 Å². The number of carbonyl (C=O) groups is 4. The zero-order chi connectivity index (χ0) is 26.7. The number of nitrogens with one attached hydrogen (secondary N) is 2. The molecule has 2 saturated heterocycles. The Balaban J connectivity index is 1.12. The summed E-state index contributed by atoms with van der Waals surface area (Å²) in [7, 11) is 0. The summed E-state index contributed by atoms with van der Waals surface area (Å²) in [5.41, 5.74) is 2.41. The molecule has 2 heterocycles. The van der Waals surface area contributed by atoms with Crippen molar-refractivity contribution >= 4 is 35.0 Å². The normalized spacial score (nSPS) is 15.6. The lowest BCUT2D eigenvalue weighted by Gasteiger charge is -2.26. The monoisotopic (exact) mass is 522 g/mol. The summed E-state index contributed by atoms with van der Waals surface area (Å²) in [5, 5.41) is 5.66. The van der Waals surface area contributed by atoms with Gasteiger partial charge in [0.15, 0.2) is 0 Å². The van der Waals surface area contributed by atoms with Crippen molar-refractivity contribution < 1.29 is 28.7 Å². The molecule has 10 heteroatoms. The van der Waals surface area contributed by atoms with Gasteiger partial charge in [-0.25, -0.2) is 0 Å². The Morgan fingerprint density at radius 1 is 0.579 bits per heavy atom. The molecule has 2 N–H and O–H groups in total. The van der Waals surface area contributed by atoms with Crippen LogP contribution < -0.4 is 10.6 Å². The molecule has 2 aromatic carbocycles. The fourth-order valence-electron chi connectivity index (χ4n) is 4.31. The predicted octanol–water partition coefficient (Wildman–Crippen LogP) is 2.77. The molecule has 4 amide bonds. The third-order valence-electron chi connectivity index (χ3n) is 6.49. The van der Waals surface area contributed by atoms with Gasteiger partial charge < -0.3 is 29.9 Å². The van der Waals surface area contributed by atoms with Gasteiger partial charge in [0.1, 0.15) is 0 Å². The van der Waals surface area contributed by atoms with E-state index in [1.54, 1.807) is 58.3 Å². The lowest BCUT2D eigenvalue weighted by molar-refractivity contribution is -0.118. The smallest absolute Gasteiger partial charge is 0.254 e. The number of benzene rings is 2. The van der Waals surface area contributed by atoms with Crippen molar-refractivity contribution in [1.82, 2.24) is 9.80 Å². The summed E-state index contributed by atoms with van der Waals surface area (Å²) in [5.74, 6) is -0.361. The van der Waals surface area contributed by atoms with E-state index in [0.29, 0.717) is 101 Å². The van der Waals surface area contributed by atoms with Gasteiger partial charge in [-0.1, -0.05) is 0 Å². The van der Waals surface area contributed by atoms with Crippen LogP contribution in [0, 0.1) is 0 Å². The minimum absolute atomic E-state index is 0.0399. The minimum Gasteiger partial charge on any atom is -0.378 e. The van der Waals surface area contributed by atoms with Gasteiger partial charge in [-0.2, -0.15) is 0 Å². The van der Waals surface area contributed by atoms with E-state index in [-0.39, 0.29) is 23.6 Å². The number of hydrogen-bond acceptors (Lipinski definition) is 6. The van der Waals surface area contributed by atoms with Crippen LogP contribution in [0.15, 0.2) is 48.5 Å². The van der Waals surface area contributed by atoms with Crippen LogP contribution in [0.4, 0.5) is 11.4 Å². The van der Waals surface area contributed by atoms with Crippen molar-refractivity contribution in [3.63, 3.8) is 0 Å². The Morgan fingerprint density at radius 3 is 1.26 bits per heavy atom. The predicted molar refractivity (Wildman–Crippen MR) is 142 cm³/mol. The van der Waals surface area contributed by atoms with Gasteiger partial charge in [0.2, 0.25) is 11.8 Å². The Kier molecular flexibility index (Phi) is 9.83. The molecule has 0 atom stereocenters. The third-order valence-corrected chi connectivity index (χ3v) is 6.49. The van der Waals surface area contributed by atoms with Crippen LogP contribution in [0.25, 0.3) is 0 Å². The number of carbonyl (C=O) groups excluding carboxylic acids is 4. The number of nitrogens with zero attached hydrogens (tertiary/aromatic N) is 2. The second-order valence-corrected chi connectivity index (χ2v) is 9.27. The molecule has 38 heavy (non-hydrogen) atoms. The lowest BCUT2D eigenvalue weighted by Crippen LogP contribution is -2.40. The van der Waals surface area contributed by atoms with E-state index in [9.17, 15) is 19.2 Å². The van der Waals surface area contributed by atoms with Gasteiger partial charge in [0.05, 0.1) is 26.4 Å². The summed E-state index contributed by atoms with van der Waals surface area (Å²) in [6, 6.07) is 13.7. The number of unbranched alkanes of at least 4 members (excludes halogenated alkanes) is 1. The average Bonchev–Trinajstić information content (AvgIpc) is 2.96. The van der Waals surface area contributed by atoms with Crippen LogP contribution in [-0.4, -0.2) is 86.0 Å². The Bertz CT molecular complexity index is 1020. The first kappa shape index (κ1) is 27.3. The van der Waals surface area contributed by atoms with Crippen molar-refractivity contribution in [2.24, 2.45) is 0 Å². The molecule has 2 aromatic rings. The highest BCUT2D eigenvalue weighted by Gasteiger charge is 2.19. The van der Waals surface area contributed by atoms with Crippen molar-refractivity contribution in [3.05, 3.63) is 59.7 Å². The number of morpholine rings is 2. The fourth-order valence-corrected chi connectivity index (χ4v) is 4.31. The average molecular weight is 523 g/mol. The van der Waals surface area contributed by atoms with Gasteiger partial charge in [-0.05, 0) is 61.4 Å². The van der Waals surface area contributed by atoms with E-state index in [2.05, 4.69) is 10.6 Å². The fraction of sp³-hybridized carbons (Fsp3) is 0.429. The summed E-state index contributed by atoms with van der Waals surface area (Å²) in [4.78, 5) is 53.1. The van der Waals surface area contributed by atoms with Gasteiger partial charge in [0.25, 0.3) is 11.8 Å². The van der Waals surface area contributed by atoms with Crippen molar-refractivity contribution in [2.75, 3.05) is 63.2 Å². The molecule has 2 aliphatic rings. The van der Waals surface area contributed by atoms with Gasteiger partial charge >= 0.3 is 0 Å². The van der Waals surface area contributed by atoms with Crippen LogP contribution in [-0.2, 0) is 19.1 Å². The SMILES string of the molecule is O=C(CCCCC(=O)Nc1ccc(C(=O)N2CCOCC2)cc1)Nc1ccc(C(=O)N2CCOCC2)cc1. The molecule has 0 aromatic heterocycles. The van der Waals surface area contributed by atoms with Gasteiger partial charge in [-0.3, -0.25) is 19.2 Å². The first-order valence-electron chi connectivity index (χ1n) is 13.0. The lowest BCUT2D eigenvalue weighted by atomic mass is 10.1. The van der Waals surface area contributed by atoms with Crippen molar-refractivity contribution in [2.45, 2.75) is 25.7 Å². The zero-order valence-corrected chi connectivity index (χ0v) is 21.4. The highest BCUT2D eigenvalue weighted by Crippen LogP contribution is 2.15. The van der Waals surface area contributed by atoms with Crippen LogP contribution in [0.3, 0.4) is 0 Å². The molecule has 0 aliphatic carbocycles. The Morgan fingerprint density at radius 2 is 0.921 bits per heavy atom. The largest absolute Gasteiger partial charge is 0.378 e. The summed E-state index contributed by atoms with van der Waals surface area (Å²) >= 11 is 0. The third kappa shape index (κ3) is 7.87. The molecular formula is C28H34N4O6. The second kappa shape index (κ2) is 13.7. The van der Waals surface area contributed by atoms with E-state index < -0.39 is 0 Å². The van der Waals surface area contributed by atoms with Crippen LogP contribution in [0.5, 0.6) is 0 Å². The van der Waals surface area contributed by atoms with E-state index in [4.69, 9.17) is 9.47 Å². The van der Waals surface area contributed by atoms with E-state index >= 15 is 0 Å². The number of hydrogen-bond donors (Lipinski definition) is 2. The van der Waals surface area contributed by atoms with E-state index in [1.807, 2.05) is 0 Å². The highest BCUT2D eigenvalue weighted by molar-refractivity contribution is 5.97. The van der Waals surface area contributed by atoms with Crippen LogP contribution >= 0.6 is 0 Å². The van der Waals surface area contributed by atoms with Crippen LogP contribution in [0.1, 0.15) is 46.4 Å². The van der Waals surface area contributed by atoms with Crippen LogP contribution in [0.2, 0.25) is 0 Å². The summed E-state index contributed by atoms with van der Waals surface area (Å²) in [6.07, 6.45) is 1.72. The Hall–Kier alpha value is -3.76. The number of rotatable bonds is 9. The van der Waals surface area contributed by atoms with Crippen molar-refractivity contribution in [3.8, 4) is 0 Å². The molecule has 0 spiro atoms. The second-order valence-electron chi connectivity index (χ2n) is 9.27. The van der Waals surface area contributed by atoms with Gasteiger partial charge in [0, 0.05) is 61.5 Å². The molecule has 0 radical (unpaired) electrons.